The van der Waals surface area contributed by atoms with Crippen LogP contribution in [0.1, 0.15) is 24.0 Å². The molecule has 1 aliphatic carbocycles. The van der Waals surface area contributed by atoms with Gasteiger partial charge in [0, 0.05) is 25.6 Å². The highest BCUT2D eigenvalue weighted by molar-refractivity contribution is 14.0. The minimum atomic E-state index is -0.248. The molecule has 2 N–H and O–H groups in total. The molecule has 0 heterocycles. The van der Waals surface area contributed by atoms with E-state index in [1.807, 2.05) is 12.1 Å². The zero-order valence-electron chi connectivity index (χ0n) is 14.1. The summed E-state index contributed by atoms with van der Waals surface area (Å²) < 4.78 is 26.9. The molecule has 0 aliphatic heterocycles. The van der Waals surface area contributed by atoms with E-state index in [0.717, 1.165) is 24.0 Å². The number of guanidine groups is 1. The molecule has 0 spiro atoms. The second-order valence-electron chi connectivity index (χ2n) is 6.17. The van der Waals surface area contributed by atoms with Gasteiger partial charge >= 0.3 is 0 Å². The lowest BCUT2D eigenvalue weighted by Gasteiger charge is -2.19. The van der Waals surface area contributed by atoms with Crippen molar-refractivity contribution in [2.24, 2.45) is 4.99 Å². The summed E-state index contributed by atoms with van der Waals surface area (Å²) in [5.41, 5.74) is 1.60. The molecule has 3 nitrogen and oxygen atoms in total. The molecule has 0 saturated heterocycles. The van der Waals surface area contributed by atoms with Crippen LogP contribution in [0.15, 0.2) is 53.5 Å². The molecule has 0 bridgehead atoms. The van der Waals surface area contributed by atoms with Crippen LogP contribution in [-0.4, -0.2) is 19.6 Å². The van der Waals surface area contributed by atoms with E-state index < -0.39 is 0 Å². The summed E-state index contributed by atoms with van der Waals surface area (Å²) in [4.78, 5) is 4.19. The third-order valence-electron chi connectivity index (χ3n) is 4.49. The molecule has 1 fully saturated rings. The zero-order valence-corrected chi connectivity index (χ0v) is 16.4. The van der Waals surface area contributed by atoms with E-state index in [1.165, 1.54) is 18.2 Å². The Morgan fingerprint density at radius 2 is 1.72 bits per heavy atom. The molecule has 1 aliphatic rings. The van der Waals surface area contributed by atoms with E-state index in [4.69, 9.17) is 0 Å². The first-order chi connectivity index (χ1) is 11.6. The van der Waals surface area contributed by atoms with Gasteiger partial charge in [-0.2, -0.15) is 0 Å². The van der Waals surface area contributed by atoms with Crippen LogP contribution in [-0.2, 0) is 12.0 Å². The predicted molar refractivity (Wildman–Crippen MR) is 107 cm³/mol. The van der Waals surface area contributed by atoms with E-state index in [9.17, 15) is 8.78 Å². The number of nitrogens with zero attached hydrogens (tertiary/aromatic N) is 1. The lowest BCUT2D eigenvalue weighted by molar-refractivity contribution is 0.559. The Morgan fingerprint density at radius 3 is 2.32 bits per heavy atom. The third kappa shape index (κ3) is 4.90. The van der Waals surface area contributed by atoms with Crippen LogP contribution < -0.4 is 10.6 Å². The summed E-state index contributed by atoms with van der Waals surface area (Å²) >= 11 is 0. The van der Waals surface area contributed by atoms with Gasteiger partial charge in [-0.3, -0.25) is 4.99 Å². The first-order valence-electron chi connectivity index (χ1n) is 8.07. The maximum Gasteiger partial charge on any atom is 0.191 e. The highest BCUT2D eigenvalue weighted by Gasteiger charge is 2.45. The quantitative estimate of drug-likeness (QED) is 0.405. The second kappa shape index (κ2) is 8.60. The highest BCUT2D eigenvalue weighted by atomic mass is 127. The van der Waals surface area contributed by atoms with Gasteiger partial charge in [-0.1, -0.05) is 30.3 Å². The molecule has 0 radical (unpaired) electrons. The van der Waals surface area contributed by atoms with Crippen molar-refractivity contribution >= 4 is 29.9 Å². The molecule has 1 saturated carbocycles. The Hall–Kier alpha value is -1.70. The van der Waals surface area contributed by atoms with Crippen LogP contribution in [0.4, 0.5) is 8.78 Å². The van der Waals surface area contributed by atoms with Crippen molar-refractivity contribution < 1.29 is 8.78 Å². The number of hydrogen-bond donors (Lipinski definition) is 2. The molecule has 0 atom stereocenters. The summed E-state index contributed by atoms with van der Waals surface area (Å²) in [6.07, 6.45) is 1.94. The van der Waals surface area contributed by atoms with Crippen molar-refractivity contribution in [2.45, 2.75) is 24.8 Å². The molecular weight excluding hydrogens is 435 g/mol. The Kier molecular flexibility index (Phi) is 6.75. The number of nitrogens with one attached hydrogen (secondary N) is 2. The summed E-state index contributed by atoms with van der Waals surface area (Å²) in [5.74, 6) is 0.259. The standard InChI is InChI=1S/C19H21F2N3.HI/c1-22-18(23-12-14-6-8-15(20)9-7-14)24-13-19(10-11-19)16-4-2-3-5-17(16)21;/h2-9H,10-13H2,1H3,(H2,22,23,24);1H. The molecule has 3 rings (SSSR count). The SMILES string of the molecule is CN=C(NCc1ccc(F)cc1)NCC1(c2ccccc2F)CC1.I. The molecule has 6 heteroatoms. The molecule has 25 heavy (non-hydrogen) atoms. The highest BCUT2D eigenvalue weighted by Crippen LogP contribution is 2.48. The summed E-state index contributed by atoms with van der Waals surface area (Å²) in [7, 11) is 1.70. The smallest absolute Gasteiger partial charge is 0.191 e. The van der Waals surface area contributed by atoms with E-state index in [0.29, 0.717) is 19.0 Å². The Labute approximate surface area is 164 Å². The minimum absolute atomic E-state index is 0. The number of rotatable bonds is 5. The Morgan fingerprint density at radius 1 is 1.04 bits per heavy atom. The molecule has 134 valence electrons. The van der Waals surface area contributed by atoms with Crippen LogP contribution in [0.3, 0.4) is 0 Å². The summed E-state index contributed by atoms with van der Waals surface area (Å²) in [6, 6.07) is 13.3. The average Bonchev–Trinajstić information content (AvgIpc) is 3.38. The monoisotopic (exact) mass is 457 g/mol. The van der Waals surface area contributed by atoms with Crippen molar-refractivity contribution in [1.29, 1.82) is 0 Å². The number of halogens is 3. The molecule has 0 aromatic heterocycles. The fourth-order valence-electron chi connectivity index (χ4n) is 2.85. The maximum atomic E-state index is 14.0. The minimum Gasteiger partial charge on any atom is -0.356 e. The van der Waals surface area contributed by atoms with Gasteiger partial charge in [0.05, 0.1) is 0 Å². The van der Waals surface area contributed by atoms with Crippen molar-refractivity contribution in [3.63, 3.8) is 0 Å². The topological polar surface area (TPSA) is 36.4 Å². The van der Waals surface area contributed by atoms with Gasteiger partial charge in [-0.15, -0.1) is 24.0 Å². The van der Waals surface area contributed by atoms with Crippen LogP contribution in [0, 0.1) is 11.6 Å². The van der Waals surface area contributed by atoms with Gasteiger partial charge in [0.15, 0.2) is 5.96 Å². The van der Waals surface area contributed by atoms with Gasteiger partial charge in [0.25, 0.3) is 0 Å². The Balaban J connectivity index is 0.00000225. The van der Waals surface area contributed by atoms with Crippen molar-refractivity contribution in [2.75, 3.05) is 13.6 Å². The molecule has 0 unspecified atom stereocenters. The first kappa shape index (κ1) is 19.6. The molecule has 0 amide bonds. The van der Waals surface area contributed by atoms with E-state index in [1.54, 1.807) is 25.2 Å². The molecular formula is C19H22F2IN3. The van der Waals surface area contributed by atoms with Crippen molar-refractivity contribution in [3.05, 3.63) is 71.3 Å². The summed E-state index contributed by atoms with van der Waals surface area (Å²) in [6.45, 7) is 1.18. The van der Waals surface area contributed by atoms with Crippen LogP contribution in [0.25, 0.3) is 0 Å². The van der Waals surface area contributed by atoms with E-state index >= 15 is 0 Å². The second-order valence-corrected chi connectivity index (χ2v) is 6.17. The van der Waals surface area contributed by atoms with Gasteiger partial charge < -0.3 is 10.6 Å². The first-order valence-corrected chi connectivity index (χ1v) is 8.07. The number of hydrogen-bond acceptors (Lipinski definition) is 1. The Bertz CT molecular complexity index is 728. The predicted octanol–water partition coefficient (Wildman–Crippen LogP) is 3.98. The fraction of sp³-hybridized carbons (Fsp3) is 0.316. The van der Waals surface area contributed by atoms with Crippen LogP contribution in [0.5, 0.6) is 0 Å². The average molecular weight is 457 g/mol. The van der Waals surface area contributed by atoms with Gasteiger partial charge in [-0.25, -0.2) is 8.78 Å². The zero-order chi connectivity index (χ0) is 17.0. The fourth-order valence-corrected chi connectivity index (χ4v) is 2.85. The molecule has 2 aromatic carbocycles. The van der Waals surface area contributed by atoms with Crippen LogP contribution in [0.2, 0.25) is 0 Å². The summed E-state index contributed by atoms with van der Waals surface area (Å²) in [5, 5.41) is 6.47. The molecule has 2 aromatic rings. The van der Waals surface area contributed by atoms with E-state index in [2.05, 4.69) is 15.6 Å². The van der Waals surface area contributed by atoms with Crippen molar-refractivity contribution in [1.82, 2.24) is 10.6 Å². The van der Waals surface area contributed by atoms with Gasteiger partial charge in [0.1, 0.15) is 11.6 Å². The van der Waals surface area contributed by atoms with Gasteiger partial charge in [-0.05, 0) is 42.2 Å². The lowest BCUT2D eigenvalue weighted by Crippen LogP contribution is -2.41. The lowest BCUT2D eigenvalue weighted by atomic mass is 9.95. The maximum absolute atomic E-state index is 14.0. The number of aliphatic imine (C=N–C) groups is 1. The van der Waals surface area contributed by atoms with Crippen LogP contribution >= 0.6 is 24.0 Å². The largest absolute Gasteiger partial charge is 0.356 e. The van der Waals surface area contributed by atoms with E-state index in [-0.39, 0.29) is 41.0 Å². The normalized spacial score (nSPS) is 15.2. The van der Waals surface area contributed by atoms with Crippen molar-refractivity contribution in [3.8, 4) is 0 Å². The number of benzene rings is 2. The van der Waals surface area contributed by atoms with Gasteiger partial charge in [0.2, 0.25) is 0 Å². The third-order valence-corrected chi connectivity index (χ3v) is 4.49.